The van der Waals surface area contributed by atoms with Gasteiger partial charge in [-0.2, -0.15) is 0 Å². The number of benzene rings is 1. The van der Waals surface area contributed by atoms with E-state index in [9.17, 15) is 0 Å². The quantitative estimate of drug-likeness (QED) is 0.715. The van der Waals surface area contributed by atoms with Crippen LogP contribution in [-0.4, -0.2) is 37.9 Å². The van der Waals surface area contributed by atoms with Crippen LogP contribution in [0.2, 0.25) is 0 Å². The number of aryl methyl sites for hydroxylation is 2. The van der Waals surface area contributed by atoms with Crippen LogP contribution in [0.15, 0.2) is 24.4 Å². The summed E-state index contributed by atoms with van der Waals surface area (Å²) in [6.07, 6.45) is 6.35. The normalized spacial score (nSPS) is 16.1. The van der Waals surface area contributed by atoms with Crippen LogP contribution >= 0.6 is 0 Å². The molecule has 0 radical (unpaired) electrons. The Morgan fingerprint density at radius 2 is 2.20 bits per heavy atom. The molecule has 4 rings (SSSR count). The summed E-state index contributed by atoms with van der Waals surface area (Å²) in [7, 11) is 1.68. The van der Waals surface area contributed by atoms with E-state index in [1.165, 1.54) is 17.4 Å². The van der Waals surface area contributed by atoms with Crippen molar-refractivity contribution >= 4 is 10.9 Å². The second-order valence-corrected chi connectivity index (χ2v) is 6.89. The Balaban J connectivity index is 1.44. The first-order chi connectivity index (χ1) is 12.2. The SMILES string of the molecule is COc1ccc2[nH]cc(CCn3nnnc3COC3(C)CCC3)c2c1. The summed E-state index contributed by atoms with van der Waals surface area (Å²) >= 11 is 0. The second-order valence-electron chi connectivity index (χ2n) is 6.89. The Hall–Kier alpha value is -2.41. The maximum Gasteiger partial charge on any atom is 0.177 e. The van der Waals surface area contributed by atoms with Gasteiger partial charge in [0, 0.05) is 23.6 Å². The van der Waals surface area contributed by atoms with Crippen molar-refractivity contribution in [1.29, 1.82) is 0 Å². The van der Waals surface area contributed by atoms with E-state index < -0.39 is 0 Å². The van der Waals surface area contributed by atoms with Gasteiger partial charge in [-0.3, -0.25) is 0 Å². The number of fused-ring (bicyclic) bond motifs is 1. The van der Waals surface area contributed by atoms with Gasteiger partial charge >= 0.3 is 0 Å². The molecule has 1 N–H and O–H groups in total. The number of aromatic nitrogens is 5. The molecular formula is C18H23N5O2. The predicted octanol–water partition coefficient (Wildman–Crippen LogP) is 2.86. The molecule has 1 saturated carbocycles. The van der Waals surface area contributed by atoms with Crippen molar-refractivity contribution in [3.8, 4) is 5.75 Å². The van der Waals surface area contributed by atoms with E-state index in [1.54, 1.807) is 7.11 Å². The van der Waals surface area contributed by atoms with Crippen molar-refractivity contribution in [1.82, 2.24) is 25.2 Å². The number of H-pyrrole nitrogens is 1. The summed E-state index contributed by atoms with van der Waals surface area (Å²) < 4.78 is 13.2. The van der Waals surface area contributed by atoms with Crippen LogP contribution in [0, 0.1) is 0 Å². The Kier molecular flexibility index (Phi) is 4.17. The van der Waals surface area contributed by atoms with Crippen LogP contribution in [0.5, 0.6) is 5.75 Å². The highest BCUT2D eigenvalue weighted by Crippen LogP contribution is 2.35. The van der Waals surface area contributed by atoms with Crippen LogP contribution in [0.4, 0.5) is 0 Å². The predicted molar refractivity (Wildman–Crippen MR) is 93.4 cm³/mol. The summed E-state index contributed by atoms with van der Waals surface area (Å²) in [6, 6.07) is 6.05. The molecule has 7 nitrogen and oxygen atoms in total. The van der Waals surface area contributed by atoms with E-state index >= 15 is 0 Å². The zero-order valence-corrected chi connectivity index (χ0v) is 14.7. The fourth-order valence-corrected chi connectivity index (χ4v) is 3.28. The molecule has 25 heavy (non-hydrogen) atoms. The first-order valence-electron chi connectivity index (χ1n) is 8.70. The molecular weight excluding hydrogens is 318 g/mol. The van der Waals surface area contributed by atoms with Gasteiger partial charge in [-0.15, -0.1) is 5.10 Å². The highest BCUT2D eigenvalue weighted by atomic mass is 16.5. The smallest absolute Gasteiger partial charge is 0.177 e. The van der Waals surface area contributed by atoms with Gasteiger partial charge in [-0.1, -0.05) is 0 Å². The molecule has 0 bridgehead atoms. The van der Waals surface area contributed by atoms with Gasteiger partial charge in [0.15, 0.2) is 5.82 Å². The molecule has 2 aromatic heterocycles. The minimum Gasteiger partial charge on any atom is -0.497 e. The zero-order chi connectivity index (χ0) is 17.3. The summed E-state index contributed by atoms with van der Waals surface area (Å²) in [4.78, 5) is 3.30. The van der Waals surface area contributed by atoms with Crippen LogP contribution in [0.25, 0.3) is 10.9 Å². The number of aromatic amines is 1. The molecule has 2 heterocycles. The number of hydrogen-bond donors (Lipinski definition) is 1. The fraction of sp³-hybridized carbons (Fsp3) is 0.500. The molecule has 1 aliphatic rings. The van der Waals surface area contributed by atoms with E-state index in [2.05, 4.69) is 33.5 Å². The minimum absolute atomic E-state index is 0.00414. The van der Waals surface area contributed by atoms with Gasteiger partial charge in [-0.25, -0.2) is 4.68 Å². The van der Waals surface area contributed by atoms with Gasteiger partial charge in [0.1, 0.15) is 12.4 Å². The fourth-order valence-electron chi connectivity index (χ4n) is 3.28. The topological polar surface area (TPSA) is 77.9 Å². The van der Waals surface area contributed by atoms with Crippen LogP contribution in [0.3, 0.4) is 0 Å². The summed E-state index contributed by atoms with van der Waals surface area (Å²) in [6.45, 7) is 3.34. The Morgan fingerprint density at radius 3 is 2.96 bits per heavy atom. The molecule has 1 aliphatic carbocycles. The molecule has 7 heteroatoms. The van der Waals surface area contributed by atoms with Gasteiger partial charge in [0.05, 0.1) is 12.7 Å². The van der Waals surface area contributed by atoms with E-state index in [1.807, 2.05) is 23.0 Å². The maximum absolute atomic E-state index is 6.00. The molecule has 0 amide bonds. The average Bonchev–Trinajstić information content (AvgIpc) is 3.22. The third kappa shape index (κ3) is 3.24. The molecule has 1 fully saturated rings. The molecule has 0 unspecified atom stereocenters. The van der Waals surface area contributed by atoms with Crippen molar-refractivity contribution in [2.45, 2.75) is 51.4 Å². The summed E-state index contributed by atoms with van der Waals surface area (Å²) in [5.41, 5.74) is 2.33. The molecule has 0 saturated heterocycles. The molecule has 132 valence electrons. The van der Waals surface area contributed by atoms with Crippen LogP contribution < -0.4 is 4.74 Å². The largest absolute Gasteiger partial charge is 0.497 e. The first-order valence-corrected chi connectivity index (χ1v) is 8.70. The van der Waals surface area contributed by atoms with Crippen molar-refractivity contribution in [2.75, 3.05) is 7.11 Å². The lowest BCUT2D eigenvalue weighted by molar-refractivity contribution is -0.0981. The van der Waals surface area contributed by atoms with Crippen LogP contribution in [0.1, 0.15) is 37.6 Å². The molecule has 0 atom stereocenters. The molecule has 0 aliphatic heterocycles. The number of rotatable bonds is 7. The van der Waals surface area contributed by atoms with Gasteiger partial charge in [-0.05, 0) is 66.8 Å². The molecule has 0 spiro atoms. The number of ether oxygens (including phenoxy) is 2. The van der Waals surface area contributed by atoms with Crippen molar-refractivity contribution in [2.24, 2.45) is 0 Å². The monoisotopic (exact) mass is 341 g/mol. The van der Waals surface area contributed by atoms with E-state index in [4.69, 9.17) is 9.47 Å². The van der Waals surface area contributed by atoms with Crippen molar-refractivity contribution < 1.29 is 9.47 Å². The lowest BCUT2D eigenvalue weighted by atomic mass is 9.82. The third-order valence-electron chi connectivity index (χ3n) is 5.13. The summed E-state index contributed by atoms with van der Waals surface area (Å²) in [5.74, 6) is 1.64. The average molecular weight is 341 g/mol. The maximum atomic E-state index is 6.00. The molecule has 1 aromatic carbocycles. The second kappa shape index (κ2) is 6.48. The highest BCUT2D eigenvalue weighted by Gasteiger charge is 2.33. The lowest BCUT2D eigenvalue weighted by Crippen LogP contribution is -2.36. The number of hydrogen-bond acceptors (Lipinski definition) is 5. The minimum atomic E-state index is 0.00414. The standard InChI is InChI=1S/C18H23N5O2/c1-18(7-3-8-18)25-12-17-20-21-22-23(17)9-6-13-11-19-16-5-4-14(24-2)10-15(13)16/h4-5,10-11,19H,3,6-9,12H2,1-2H3. The van der Waals surface area contributed by atoms with E-state index in [-0.39, 0.29) is 5.60 Å². The van der Waals surface area contributed by atoms with Crippen molar-refractivity contribution in [3.05, 3.63) is 35.8 Å². The van der Waals surface area contributed by atoms with Gasteiger partial charge in [0.25, 0.3) is 0 Å². The molecule has 3 aromatic rings. The summed E-state index contributed by atoms with van der Waals surface area (Å²) in [5, 5.41) is 13.2. The van der Waals surface area contributed by atoms with Crippen molar-refractivity contribution in [3.63, 3.8) is 0 Å². The lowest BCUT2D eigenvalue weighted by Gasteiger charge is -2.37. The van der Waals surface area contributed by atoms with Gasteiger partial charge in [0.2, 0.25) is 0 Å². The number of methoxy groups -OCH3 is 1. The first kappa shape index (κ1) is 16.1. The van der Waals surface area contributed by atoms with E-state index in [0.29, 0.717) is 13.2 Å². The Labute approximate surface area is 146 Å². The number of tetrazole rings is 1. The van der Waals surface area contributed by atoms with E-state index in [0.717, 1.165) is 36.4 Å². The third-order valence-corrected chi connectivity index (χ3v) is 5.13. The van der Waals surface area contributed by atoms with Crippen LogP contribution in [-0.2, 0) is 24.3 Å². The zero-order valence-electron chi connectivity index (χ0n) is 14.7. The number of nitrogens with one attached hydrogen (secondary N) is 1. The number of nitrogens with zero attached hydrogens (tertiary/aromatic N) is 4. The highest BCUT2D eigenvalue weighted by molar-refractivity contribution is 5.84. The van der Waals surface area contributed by atoms with Gasteiger partial charge < -0.3 is 14.5 Å². The Morgan fingerprint density at radius 1 is 1.32 bits per heavy atom. The Bertz CT molecular complexity index is 865.